The Kier molecular flexibility index (Phi) is 3.80. The predicted molar refractivity (Wildman–Crippen MR) is 67.4 cm³/mol. The molecule has 0 N–H and O–H groups in total. The van der Waals surface area contributed by atoms with E-state index < -0.39 is 0 Å². The lowest BCUT2D eigenvalue weighted by atomic mass is 10.2. The van der Waals surface area contributed by atoms with Crippen LogP contribution in [0.25, 0.3) is 0 Å². The second-order valence-electron chi connectivity index (χ2n) is 4.67. The fourth-order valence-corrected chi connectivity index (χ4v) is 2.16. The predicted octanol–water partition coefficient (Wildman–Crippen LogP) is 0.359. The minimum absolute atomic E-state index is 0.00842. The summed E-state index contributed by atoms with van der Waals surface area (Å²) in [5, 5.41) is 8.88. The first-order valence-electron chi connectivity index (χ1n) is 6.02. The Morgan fingerprint density at radius 2 is 2.33 bits per heavy atom. The highest BCUT2D eigenvalue weighted by Gasteiger charge is 2.19. The van der Waals surface area contributed by atoms with Gasteiger partial charge in [0.1, 0.15) is 11.6 Å². The number of morpholine rings is 1. The van der Waals surface area contributed by atoms with Gasteiger partial charge in [-0.2, -0.15) is 5.26 Å². The van der Waals surface area contributed by atoms with Crippen LogP contribution in [0.5, 0.6) is 0 Å². The standard InChI is InChI=1S/C13H17N3O2/c1-10-3-4-11(7-14)13(17)16(10)9-12-8-15(2)5-6-18-12/h3-4,12H,5-6,8-9H2,1-2H3. The molecular formula is C13H17N3O2. The van der Waals surface area contributed by atoms with Gasteiger partial charge in [0.05, 0.1) is 19.3 Å². The number of aryl methyl sites for hydroxylation is 1. The van der Waals surface area contributed by atoms with E-state index in [2.05, 4.69) is 4.90 Å². The third-order valence-corrected chi connectivity index (χ3v) is 3.24. The summed E-state index contributed by atoms with van der Waals surface area (Å²) < 4.78 is 7.28. The first kappa shape index (κ1) is 12.8. The lowest BCUT2D eigenvalue weighted by molar-refractivity contribution is -0.0281. The summed E-state index contributed by atoms with van der Waals surface area (Å²) in [6, 6.07) is 5.29. The van der Waals surface area contributed by atoms with E-state index in [1.807, 2.05) is 20.0 Å². The molecule has 2 rings (SSSR count). The van der Waals surface area contributed by atoms with E-state index >= 15 is 0 Å². The number of ether oxygens (including phenoxy) is 1. The van der Waals surface area contributed by atoms with E-state index in [1.165, 1.54) is 0 Å². The van der Waals surface area contributed by atoms with E-state index in [0.717, 1.165) is 18.8 Å². The Hall–Kier alpha value is -1.64. The van der Waals surface area contributed by atoms with Gasteiger partial charge in [-0.1, -0.05) is 0 Å². The summed E-state index contributed by atoms with van der Waals surface area (Å²) in [6.45, 7) is 4.79. The minimum Gasteiger partial charge on any atom is -0.374 e. The molecule has 1 aromatic rings. The van der Waals surface area contributed by atoms with Gasteiger partial charge in [0.2, 0.25) is 0 Å². The molecule has 1 saturated heterocycles. The van der Waals surface area contributed by atoms with Gasteiger partial charge in [0, 0.05) is 18.8 Å². The molecule has 1 aliphatic heterocycles. The zero-order chi connectivity index (χ0) is 13.1. The van der Waals surface area contributed by atoms with Gasteiger partial charge < -0.3 is 14.2 Å². The van der Waals surface area contributed by atoms with Crippen LogP contribution < -0.4 is 5.56 Å². The smallest absolute Gasteiger partial charge is 0.268 e. The highest BCUT2D eigenvalue weighted by atomic mass is 16.5. The second kappa shape index (κ2) is 5.34. The van der Waals surface area contributed by atoms with Crippen LogP contribution in [0.1, 0.15) is 11.3 Å². The molecule has 2 heterocycles. The molecule has 5 nitrogen and oxygen atoms in total. The van der Waals surface area contributed by atoms with Crippen molar-refractivity contribution in [3.05, 3.63) is 33.7 Å². The number of likely N-dealkylation sites (N-methyl/N-ethyl adjacent to an activating group) is 1. The summed E-state index contributed by atoms with van der Waals surface area (Å²) in [5.41, 5.74) is 0.815. The van der Waals surface area contributed by atoms with Gasteiger partial charge in [-0.25, -0.2) is 0 Å². The third kappa shape index (κ3) is 2.61. The van der Waals surface area contributed by atoms with Crippen molar-refractivity contribution in [1.82, 2.24) is 9.47 Å². The highest BCUT2D eigenvalue weighted by Crippen LogP contribution is 2.07. The van der Waals surface area contributed by atoms with E-state index in [1.54, 1.807) is 16.7 Å². The van der Waals surface area contributed by atoms with Crippen molar-refractivity contribution in [2.24, 2.45) is 0 Å². The van der Waals surface area contributed by atoms with Crippen molar-refractivity contribution in [1.29, 1.82) is 5.26 Å². The Balaban J connectivity index is 2.23. The molecule has 0 spiro atoms. The third-order valence-electron chi connectivity index (χ3n) is 3.24. The Bertz CT molecular complexity index is 530. The van der Waals surface area contributed by atoms with Gasteiger partial charge in [-0.3, -0.25) is 4.79 Å². The summed E-state index contributed by atoms with van der Waals surface area (Å²) >= 11 is 0. The Morgan fingerprint density at radius 1 is 1.56 bits per heavy atom. The molecule has 1 aromatic heterocycles. The van der Waals surface area contributed by atoms with Crippen molar-refractivity contribution in [3.63, 3.8) is 0 Å². The Morgan fingerprint density at radius 3 is 3.00 bits per heavy atom. The summed E-state index contributed by atoms with van der Waals surface area (Å²) in [5.74, 6) is 0. The molecule has 96 valence electrons. The van der Waals surface area contributed by atoms with Crippen molar-refractivity contribution < 1.29 is 4.74 Å². The van der Waals surface area contributed by atoms with Crippen LogP contribution in [0.2, 0.25) is 0 Å². The first-order valence-corrected chi connectivity index (χ1v) is 6.02. The second-order valence-corrected chi connectivity index (χ2v) is 4.67. The lowest BCUT2D eigenvalue weighted by Gasteiger charge is -2.30. The zero-order valence-electron chi connectivity index (χ0n) is 10.7. The zero-order valence-corrected chi connectivity index (χ0v) is 10.7. The maximum absolute atomic E-state index is 12.0. The first-order chi connectivity index (χ1) is 8.61. The molecule has 0 aliphatic carbocycles. The molecule has 0 amide bonds. The topological polar surface area (TPSA) is 58.3 Å². The number of pyridine rings is 1. The van der Waals surface area contributed by atoms with Gasteiger partial charge in [-0.15, -0.1) is 0 Å². The van der Waals surface area contributed by atoms with Crippen molar-refractivity contribution in [2.45, 2.75) is 19.6 Å². The molecule has 5 heteroatoms. The van der Waals surface area contributed by atoms with Gasteiger partial charge in [-0.05, 0) is 26.1 Å². The summed E-state index contributed by atoms with van der Waals surface area (Å²) in [4.78, 5) is 14.2. The van der Waals surface area contributed by atoms with Crippen LogP contribution in [0, 0.1) is 18.3 Å². The van der Waals surface area contributed by atoms with Gasteiger partial charge >= 0.3 is 0 Å². The molecule has 1 unspecified atom stereocenters. The Labute approximate surface area is 106 Å². The maximum atomic E-state index is 12.0. The average molecular weight is 247 g/mol. The summed E-state index contributed by atoms with van der Waals surface area (Å²) in [7, 11) is 2.04. The molecule has 0 radical (unpaired) electrons. The molecular weight excluding hydrogens is 230 g/mol. The monoisotopic (exact) mass is 247 g/mol. The largest absolute Gasteiger partial charge is 0.374 e. The number of hydrogen-bond acceptors (Lipinski definition) is 4. The molecule has 1 fully saturated rings. The molecule has 18 heavy (non-hydrogen) atoms. The number of rotatable bonds is 2. The molecule has 1 aliphatic rings. The van der Waals surface area contributed by atoms with Crippen molar-refractivity contribution in [3.8, 4) is 6.07 Å². The molecule has 0 saturated carbocycles. The quantitative estimate of drug-likeness (QED) is 0.757. The lowest BCUT2D eigenvalue weighted by Crippen LogP contribution is -2.43. The fraction of sp³-hybridized carbons (Fsp3) is 0.538. The van der Waals surface area contributed by atoms with Crippen LogP contribution in [0.15, 0.2) is 16.9 Å². The number of hydrogen-bond donors (Lipinski definition) is 0. The van der Waals surface area contributed by atoms with E-state index in [4.69, 9.17) is 10.00 Å². The molecule has 0 aromatic carbocycles. The van der Waals surface area contributed by atoms with Crippen LogP contribution >= 0.6 is 0 Å². The van der Waals surface area contributed by atoms with Crippen LogP contribution in [0.4, 0.5) is 0 Å². The molecule has 1 atom stereocenters. The van der Waals surface area contributed by atoms with Crippen molar-refractivity contribution in [2.75, 3.05) is 26.7 Å². The van der Waals surface area contributed by atoms with Crippen molar-refractivity contribution >= 4 is 0 Å². The SMILES string of the molecule is Cc1ccc(C#N)c(=O)n1CC1CN(C)CCO1. The van der Waals surface area contributed by atoms with E-state index in [-0.39, 0.29) is 17.2 Å². The van der Waals surface area contributed by atoms with E-state index in [0.29, 0.717) is 13.2 Å². The minimum atomic E-state index is -0.227. The number of nitrogens with zero attached hydrogens (tertiary/aromatic N) is 3. The van der Waals surface area contributed by atoms with Crippen LogP contribution in [-0.2, 0) is 11.3 Å². The fourth-order valence-electron chi connectivity index (χ4n) is 2.16. The average Bonchev–Trinajstić information content (AvgIpc) is 2.35. The normalized spacial score (nSPS) is 20.6. The van der Waals surface area contributed by atoms with Gasteiger partial charge in [0.15, 0.2) is 0 Å². The summed E-state index contributed by atoms with van der Waals surface area (Å²) in [6.07, 6.45) is 0.00842. The van der Waals surface area contributed by atoms with Crippen LogP contribution in [-0.4, -0.2) is 42.3 Å². The maximum Gasteiger partial charge on any atom is 0.268 e. The number of aromatic nitrogens is 1. The van der Waals surface area contributed by atoms with Gasteiger partial charge in [0.25, 0.3) is 5.56 Å². The highest BCUT2D eigenvalue weighted by molar-refractivity contribution is 5.27. The molecule has 0 bridgehead atoms. The number of nitriles is 1. The van der Waals surface area contributed by atoms with Crippen LogP contribution in [0.3, 0.4) is 0 Å². The van der Waals surface area contributed by atoms with E-state index in [9.17, 15) is 4.79 Å².